The summed E-state index contributed by atoms with van der Waals surface area (Å²) in [6, 6.07) is 65.8. The number of pyridine rings is 1. The van der Waals surface area contributed by atoms with Gasteiger partial charge in [0.05, 0.1) is 0 Å². The molecule has 0 fully saturated rings. The maximum Gasteiger partial charge on any atom is 0.0462 e. The van der Waals surface area contributed by atoms with Gasteiger partial charge in [0.2, 0.25) is 0 Å². The average Bonchev–Trinajstić information content (AvgIpc) is 3.45. The van der Waals surface area contributed by atoms with E-state index in [9.17, 15) is 0 Å². The predicted molar refractivity (Wildman–Crippen MR) is 218 cm³/mol. The monoisotopic (exact) mass is 666 g/mol. The molecule has 1 aromatic heterocycles. The Morgan fingerprint density at radius 1 is 0.365 bits per heavy atom. The zero-order valence-electron chi connectivity index (χ0n) is 29.4. The van der Waals surface area contributed by atoms with Gasteiger partial charge in [-0.2, -0.15) is 0 Å². The number of anilines is 3. The molecule has 9 rings (SSSR count). The molecule has 0 aliphatic heterocycles. The van der Waals surface area contributed by atoms with E-state index in [-0.39, 0.29) is 5.41 Å². The largest absolute Gasteiger partial charge is 0.311 e. The summed E-state index contributed by atoms with van der Waals surface area (Å²) < 4.78 is 0. The maximum atomic E-state index is 4.44. The number of benzene rings is 7. The summed E-state index contributed by atoms with van der Waals surface area (Å²) in [5, 5.41) is 0. The molecule has 7 aromatic carbocycles. The van der Waals surface area contributed by atoms with Crippen molar-refractivity contribution in [3.05, 3.63) is 206 Å². The van der Waals surface area contributed by atoms with E-state index in [1.807, 2.05) is 12.4 Å². The second-order valence-electron chi connectivity index (χ2n) is 14.1. The maximum absolute atomic E-state index is 4.44. The van der Waals surface area contributed by atoms with Gasteiger partial charge in [0.25, 0.3) is 0 Å². The highest BCUT2D eigenvalue weighted by Gasteiger charge is 2.35. The van der Waals surface area contributed by atoms with Crippen LogP contribution in [0.2, 0.25) is 0 Å². The van der Waals surface area contributed by atoms with E-state index in [1.54, 1.807) is 0 Å². The van der Waals surface area contributed by atoms with E-state index in [2.05, 4.69) is 206 Å². The number of hydrogen-bond acceptors (Lipinski definition) is 2. The normalized spacial score (nSPS) is 12.6. The lowest BCUT2D eigenvalue weighted by Gasteiger charge is -2.26. The molecular formula is C50H38N2. The minimum Gasteiger partial charge on any atom is -0.311 e. The Labute approximate surface area is 306 Å². The lowest BCUT2D eigenvalue weighted by atomic mass is 9.82. The molecule has 0 unspecified atom stereocenters. The van der Waals surface area contributed by atoms with Gasteiger partial charge in [-0.3, -0.25) is 4.98 Å². The van der Waals surface area contributed by atoms with Crippen LogP contribution in [0.1, 0.15) is 25.0 Å². The fourth-order valence-corrected chi connectivity index (χ4v) is 7.74. The van der Waals surface area contributed by atoms with E-state index >= 15 is 0 Å². The molecule has 1 aliphatic rings. The number of fused-ring (bicyclic) bond motifs is 3. The van der Waals surface area contributed by atoms with Crippen molar-refractivity contribution in [2.75, 3.05) is 4.90 Å². The second-order valence-corrected chi connectivity index (χ2v) is 14.1. The van der Waals surface area contributed by atoms with Crippen molar-refractivity contribution in [3.63, 3.8) is 0 Å². The van der Waals surface area contributed by atoms with Gasteiger partial charge in [-0.15, -0.1) is 0 Å². The summed E-state index contributed by atoms with van der Waals surface area (Å²) in [7, 11) is 0. The smallest absolute Gasteiger partial charge is 0.0462 e. The molecule has 0 radical (unpaired) electrons. The van der Waals surface area contributed by atoms with Crippen LogP contribution >= 0.6 is 0 Å². The Bertz CT molecular complexity index is 2410. The second kappa shape index (κ2) is 13.0. The van der Waals surface area contributed by atoms with Crippen LogP contribution in [0.25, 0.3) is 55.6 Å². The number of nitrogens with zero attached hydrogens (tertiary/aromatic N) is 2. The molecule has 2 nitrogen and oxygen atoms in total. The van der Waals surface area contributed by atoms with Crippen LogP contribution in [0.3, 0.4) is 0 Å². The lowest BCUT2D eigenvalue weighted by Crippen LogP contribution is -2.15. The van der Waals surface area contributed by atoms with Gasteiger partial charge in [0.1, 0.15) is 0 Å². The summed E-state index contributed by atoms with van der Waals surface area (Å²) in [5.41, 5.74) is 18.2. The Hall–Kier alpha value is -6.51. The first-order valence-corrected chi connectivity index (χ1v) is 17.9. The summed E-state index contributed by atoms with van der Waals surface area (Å²) >= 11 is 0. The zero-order valence-corrected chi connectivity index (χ0v) is 29.4. The summed E-state index contributed by atoms with van der Waals surface area (Å²) in [4.78, 5) is 6.78. The topological polar surface area (TPSA) is 16.1 Å². The quantitative estimate of drug-likeness (QED) is 0.168. The number of hydrogen-bond donors (Lipinski definition) is 0. The standard InChI is InChI=1S/C50H38N2/c1-50(2)48-33-42(22-29-46(48)47-30-31-51-34-49(47)50)41-15-9-14-40(32-41)39-20-27-45(28-21-39)52(43-23-16-37(17-24-43)35-10-5-3-6-11-35)44-25-18-38(19-26-44)36-12-7-4-8-13-36/h3-34H,1-2H3. The highest BCUT2D eigenvalue weighted by atomic mass is 15.1. The van der Waals surface area contributed by atoms with Crippen LogP contribution in [-0.2, 0) is 5.41 Å². The van der Waals surface area contributed by atoms with Crippen LogP contribution in [0.15, 0.2) is 194 Å². The molecular weight excluding hydrogens is 629 g/mol. The van der Waals surface area contributed by atoms with E-state index in [0.717, 1.165) is 17.1 Å². The van der Waals surface area contributed by atoms with Crippen molar-refractivity contribution in [3.8, 4) is 55.6 Å². The molecule has 0 saturated heterocycles. The third kappa shape index (κ3) is 5.69. The van der Waals surface area contributed by atoms with Crippen LogP contribution in [0, 0.1) is 0 Å². The summed E-state index contributed by atoms with van der Waals surface area (Å²) in [5.74, 6) is 0. The molecule has 0 amide bonds. The molecule has 52 heavy (non-hydrogen) atoms. The Balaban J connectivity index is 1.05. The molecule has 0 N–H and O–H groups in total. The fourth-order valence-electron chi connectivity index (χ4n) is 7.74. The first-order chi connectivity index (χ1) is 25.5. The van der Waals surface area contributed by atoms with Crippen molar-refractivity contribution < 1.29 is 0 Å². The van der Waals surface area contributed by atoms with Crippen molar-refractivity contribution in [2.45, 2.75) is 19.3 Å². The Morgan fingerprint density at radius 2 is 0.769 bits per heavy atom. The van der Waals surface area contributed by atoms with E-state index in [1.165, 1.54) is 66.8 Å². The molecule has 1 heterocycles. The molecule has 2 heteroatoms. The van der Waals surface area contributed by atoms with Gasteiger partial charge in [-0.25, -0.2) is 0 Å². The predicted octanol–water partition coefficient (Wildman–Crippen LogP) is 13.5. The van der Waals surface area contributed by atoms with Gasteiger partial charge in [-0.05, 0) is 121 Å². The van der Waals surface area contributed by atoms with E-state index < -0.39 is 0 Å². The van der Waals surface area contributed by atoms with Gasteiger partial charge >= 0.3 is 0 Å². The van der Waals surface area contributed by atoms with Crippen LogP contribution in [0.5, 0.6) is 0 Å². The van der Waals surface area contributed by atoms with Crippen LogP contribution < -0.4 is 4.90 Å². The Morgan fingerprint density at radius 3 is 1.31 bits per heavy atom. The van der Waals surface area contributed by atoms with Gasteiger partial charge < -0.3 is 4.90 Å². The van der Waals surface area contributed by atoms with E-state index in [0.29, 0.717) is 0 Å². The summed E-state index contributed by atoms with van der Waals surface area (Å²) in [6.07, 6.45) is 3.93. The minimum atomic E-state index is -0.0853. The SMILES string of the molecule is CC1(C)c2cnccc2-c2ccc(-c3cccc(-c4ccc(N(c5ccc(-c6ccccc6)cc5)c5ccc(-c6ccccc6)cc5)cc4)c3)cc21. The van der Waals surface area contributed by atoms with Crippen molar-refractivity contribution in [1.82, 2.24) is 4.98 Å². The molecule has 0 spiro atoms. The van der Waals surface area contributed by atoms with Crippen LogP contribution in [-0.4, -0.2) is 4.98 Å². The van der Waals surface area contributed by atoms with E-state index in [4.69, 9.17) is 0 Å². The average molecular weight is 667 g/mol. The van der Waals surface area contributed by atoms with Gasteiger partial charge in [-0.1, -0.05) is 141 Å². The summed E-state index contributed by atoms with van der Waals surface area (Å²) in [6.45, 7) is 4.61. The first kappa shape index (κ1) is 31.5. The number of aromatic nitrogens is 1. The van der Waals surface area contributed by atoms with Gasteiger partial charge in [0.15, 0.2) is 0 Å². The molecule has 0 saturated carbocycles. The molecule has 1 aliphatic carbocycles. The zero-order chi connectivity index (χ0) is 35.1. The third-order valence-corrected chi connectivity index (χ3v) is 10.6. The minimum absolute atomic E-state index is 0.0853. The third-order valence-electron chi connectivity index (χ3n) is 10.6. The van der Waals surface area contributed by atoms with Gasteiger partial charge in [0, 0.05) is 34.9 Å². The van der Waals surface area contributed by atoms with Crippen molar-refractivity contribution >= 4 is 17.1 Å². The molecule has 0 bridgehead atoms. The highest BCUT2D eigenvalue weighted by Crippen LogP contribution is 2.49. The molecule has 8 aromatic rings. The Kier molecular flexibility index (Phi) is 7.86. The van der Waals surface area contributed by atoms with Crippen molar-refractivity contribution in [2.24, 2.45) is 0 Å². The lowest BCUT2D eigenvalue weighted by molar-refractivity contribution is 0.657. The molecule has 248 valence electrons. The number of rotatable bonds is 7. The van der Waals surface area contributed by atoms with Crippen LogP contribution in [0.4, 0.5) is 17.1 Å². The fraction of sp³-hybridized carbons (Fsp3) is 0.0600. The first-order valence-electron chi connectivity index (χ1n) is 17.9. The van der Waals surface area contributed by atoms with Crippen molar-refractivity contribution in [1.29, 1.82) is 0 Å². The molecule has 0 atom stereocenters. The highest BCUT2D eigenvalue weighted by molar-refractivity contribution is 5.85.